The lowest BCUT2D eigenvalue weighted by molar-refractivity contribution is -0.186. The van der Waals surface area contributed by atoms with Crippen molar-refractivity contribution in [3.63, 3.8) is 0 Å². The summed E-state index contributed by atoms with van der Waals surface area (Å²) in [6.45, 7) is 0.672. The van der Waals surface area contributed by atoms with Crippen LogP contribution in [0.5, 0.6) is 0 Å². The first kappa shape index (κ1) is 27.8. The lowest BCUT2D eigenvalue weighted by Gasteiger charge is -2.43. The third-order valence-electron chi connectivity index (χ3n) is 6.60. The number of carbonyl (C=O) groups excluding carboxylic acids is 1. The Labute approximate surface area is 229 Å². The minimum Gasteiger partial charge on any atom is -0.394 e. The van der Waals surface area contributed by atoms with Gasteiger partial charge in [-0.15, -0.1) is 5.10 Å². The number of nitrogens with zero attached hydrogens (tertiary/aromatic N) is 5. The molecule has 5 unspecified atom stereocenters. The van der Waals surface area contributed by atoms with E-state index in [1.807, 2.05) is 0 Å². The van der Waals surface area contributed by atoms with Gasteiger partial charge in [-0.05, 0) is 24.6 Å². The molecule has 2 aliphatic heterocycles. The predicted molar refractivity (Wildman–Crippen MR) is 133 cm³/mol. The van der Waals surface area contributed by atoms with E-state index in [1.54, 1.807) is 11.0 Å². The highest BCUT2D eigenvalue weighted by Crippen LogP contribution is 2.41. The van der Waals surface area contributed by atoms with E-state index in [2.05, 4.69) is 15.3 Å². The topological polar surface area (TPSA) is 123 Å². The van der Waals surface area contributed by atoms with Crippen LogP contribution in [0.15, 0.2) is 35.5 Å². The SMILES string of the molecule is COC1C(Sc2cc(Cl)cnc2C(=O)N2CCC2)OC(CO)C(O)C1n1cc(-c2cc(F)c(F)c(F)c2)nn1. The maximum absolute atomic E-state index is 13.8. The molecule has 2 aliphatic rings. The Hall–Kier alpha value is -2.75. The van der Waals surface area contributed by atoms with E-state index < -0.39 is 53.8 Å². The van der Waals surface area contributed by atoms with Crippen LogP contribution in [0.4, 0.5) is 13.2 Å². The Morgan fingerprint density at radius 2 is 1.97 bits per heavy atom. The van der Waals surface area contributed by atoms with E-state index in [4.69, 9.17) is 21.1 Å². The average molecular weight is 586 g/mol. The maximum Gasteiger partial charge on any atom is 0.273 e. The molecule has 1 amide bonds. The van der Waals surface area contributed by atoms with E-state index >= 15 is 0 Å². The summed E-state index contributed by atoms with van der Waals surface area (Å²) in [6, 6.07) is 2.14. The van der Waals surface area contributed by atoms with Gasteiger partial charge in [-0.1, -0.05) is 28.6 Å². The smallest absolute Gasteiger partial charge is 0.273 e. The molecule has 1 aromatic carbocycles. The van der Waals surface area contributed by atoms with Crippen LogP contribution in [-0.2, 0) is 9.47 Å². The fraction of sp³-hybridized carbons (Fsp3) is 0.417. The van der Waals surface area contributed by atoms with Gasteiger partial charge in [0.15, 0.2) is 17.5 Å². The molecule has 10 nitrogen and oxygen atoms in total. The molecule has 0 spiro atoms. The zero-order chi connectivity index (χ0) is 27.8. The van der Waals surface area contributed by atoms with Crippen molar-refractivity contribution in [3.05, 3.63) is 58.8 Å². The first-order valence-corrected chi connectivity index (χ1v) is 13.1. The Balaban J connectivity index is 1.47. The van der Waals surface area contributed by atoms with E-state index in [1.165, 1.54) is 24.2 Å². The molecule has 39 heavy (non-hydrogen) atoms. The first-order valence-electron chi connectivity index (χ1n) is 11.9. The van der Waals surface area contributed by atoms with Crippen LogP contribution in [0.3, 0.4) is 0 Å². The molecule has 5 atom stereocenters. The number of carbonyl (C=O) groups is 1. The van der Waals surface area contributed by atoms with Gasteiger partial charge >= 0.3 is 0 Å². The Kier molecular flexibility index (Phi) is 8.12. The second kappa shape index (κ2) is 11.4. The van der Waals surface area contributed by atoms with Gasteiger partial charge in [0.05, 0.1) is 17.8 Å². The van der Waals surface area contributed by atoms with Crippen molar-refractivity contribution in [2.45, 2.75) is 41.1 Å². The van der Waals surface area contributed by atoms with Gasteiger partial charge in [-0.2, -0.15) is 0 Å². The van der Waals surface area contributed by atoms with Gasteiger partial charge in [-0.25, -0.2) is 22.8 Å². The van der Waals surface area contributed by atoms with Crippen molar-refractivity contribution < 1.29 is 37.7 Å². The summed E-state index contributed by atoms with van der Waals surface area (Å²) in [5.74, 6) is -4.66. The summed E-state index contributed by atoms with van der Waals surface area (Å²) in [7, 11) is 1.38. The van der Waals surface area contributed by atoms with Crippen LogP contribution in [0.1, 0.15) is 23.0 Å². The van der Waals surface area contributed by atoms with Crippen molar-refractivity contribution in [1.82, 2.24) is 24.9 Å². The standard InChI is InChI=1S/C24H23ClF3N5O5S/c1-37-22-20(33-9-15(30-31-33)11-5-13(26)18(28)14(27)6-11)21(35)16(10-34)38-24(22)39-17-7-12(25)8-29-19(17)23(36)32-3-2-4-32/h5-9,16,20-22,24,34-35H,2-4,10H2,1H3. The lowest BCUT2D eigenvalue weighted by atomic mass is 9.97. The number of thioether (sulfide) groups is 1. The fourth-order valence-corrected chi connectivity index (χ4v) is 5.96. The van der Waals surface area contributed by atoms with Crippen molar-refractivity contribution in [1.29, 1.82) is 0 Å². The molecule has 2 saturated heterocycles. The highest BCUT2D eigenvalue weighted by molar-refractivity contribution is 8.00. The summed E-state index contributed by atoms with van der Waals surface area (Å²) in [5.41, 5.74) is -0.782. The zero-order valence-electron chi connectivity index (χ0n) is 20.4. The van der Waals surface area contributed by atoms with Gasteiger partial charge in [0.2, 0.25) is 0 Å². The zero-order valence-corrected chi connectivity index (χ0v) is 21.9. The van der Waals surface area contributed by atoms with Gasteiger partial charge in [0, 0.05) is 36.9 Å². The molecule has 0 aliphatic carbocycles. The number of halogens is 4. The minimum atomic E-state index is -1.61. The number of aliphatic hydroxyl groups excluding tert-OH is 2. The fourth-order valence-electron chi connectivity index (χ4n) is 4.43. The summed E-state index contributed by atoms with van der Waals surface area (Å²) in [5, 5.41) is 29.2. The van der Waals surface area contributed by atoms with Crippen LogP contribution >= 0.6 is 23.4 Å². The molecular weight excluding hydrogens is 563 g/mol. The van der Waals surface area contributed by atoms with Gasteiger partial charge in [-0.3, -0.25) is 4.79 Å². The number of aromatic nitrogens is 4. The second-order valence-corrected chi connectivity index (χ2v) is 10.6. The normalized spacial score (nSPS) is 25.0. The number of ether oxygens (including phenoxy) is 2. The Bertz CT molecular complexity index is 1360. The highest BCUT2D eigenvalue weighted by atomic mass is 35.5. The third kappa shape index (κ3) is 5.36. The quantitative estimate of drug-likeness (QED) is 0.403. The monoisotopic (exact) mass is 585 g/mol. The summed E-state index contributed by atoms with van der Waals surface area (Å²) in [4.78, 5) is 19.3. The molecule has 5 rings (SSSR count). The molecule has 3 aromatic rings. The predicted octanol–water partition coefficient (Wildman–Crippen LogP) is 2.68. The van der Waals surface area contributed by atoms with Crippen molar-refractivity contribution in [2.75, 3.05) is 26.8 Å². The Morgan fingerprint density at radius 1 is 1.26 bits per heavy atom. The molecule has 2 aromatic heterocycles. The van der Waals surface area contributed by atoms with E-state index in [-0.39, 0.29) is 27.9 Å². The molecule has 2 fully saturated rings. The Morgan fingerprint density at radius 3 is 2.59 bits per heavy atom. The second-order valence-electron chi connectivity index (χ2n) is 9.01. The third-order valence-corrected chi connectivity index (χ3v) is 7.98. The van der Waals surface area contributed by atoms with Gasteiger partial charge in [0.25, 0.3) is 5.91 Å². The number of aliphatic hydroxyl groups is 2. The van der Waals surface area contributed by atoms with Crippen LogP contribution < -0.4 is 0 Å². The highest BCUT2D eigenvalue weighted by Gasteiger charge is 2.48. The number of methoxy groups -OCH3 is 1. The minimum absolute atomic E-state index is 0.00701. The van der Waals surface area contributed by atoms with Crippen molar-refractivity contribution >= 4 is 29.3 Å². The summed E-state index contributed by atoms with van der Waals surface area (Å²) < 4.78 is 53.9. The number of pyridine rings is 1. The number of benzene rings is 1. The van der Waals surface area contributed by atoms with E-state index in [0.29, 0.717) is 18.0 Å². The molecule has 4 heterocycles. The van der Waals surface area contributed by atoms with Crippen LogP contribution in [0, 0.1) is 17.5 Å². The number of hydrogen-bond donors (Lipinski definition) is 2. The average Bonchev–Trinajstić information content (AvgIpc) is 3.36. The molecule has 0 saturated carbocycles. The molecule has 2 N–H and O–H groups in total. The maximum atomic E-state index is 13.8. The number of amides is 1. The summed E-state index contributed by atoms with van der Waals surface area (Å²) >= 11 is 7.26. The lowest BCUT2D eigenvalue weighted by Crippen LogP contribution is -2.55. The van der Waals surface area contributed by atoms with E-state index in [9.17, 15) is 28.2 Å². The first-order chi connectivity index (χ1) is 18.7. The van der Waals surface area contributed by atoms with Crippen LogP contribution in [-0.4, -0.2) is 91.6 Å². The number of hydrogen-bond acceptors (Lipinski definition) is 9. The largest absolute Gasteiger partial charge is 0.394 e. The van der Waals surface area contributed by atoms with Crippen molar-refractivity contribution in [2.24, 2.45) is 0 Å². The van der Waals surface area contributed by atoms with Gasteiger partial charge in [0.1, 0.15) is 41.2 Å². The molecule has 208 valence electrons. The molecule has 15 heteroatoms. The number of rotatable bonds is 7. The summed E-state index contributed by atoms with van der Waals surface area (Å²) in [6.07, 6.45) is 0.230. The van der Waals surface area contributed by atoms with Crippen LogP contribution in [0.2, 0.25) is 5.02 Å². The molecular formula is C24H23ClF3N5O5S. The van der Waals surface area contributed by atoms with Crippen molar-refractivity contribution in [3.8, 4) is 11.3 Å². The van der Waals surface area contributed by atoms with Crippen LogP contribution in [0.25, 0.3) is 11.3 Å². The van der Waals surface area contributed by atoms with E-state index in [0.717, 1.165) is 30.3 Å². The van der Waals surface area contributed by atoms with Gasteiger partial charge < -0.3 is 24.6 Å². The molecule has 0 bridgehead atoms. The number of likely N-dealkylation sites (tertiary alicyclic amines) is 1. The molecule has 0 radical (unpaired) electrons.